The average Bonchev–Trinajstić information content (AvgIpc) is 3.19. The summed E-state index contributed by atoms with van der Waals surface area (Å²) in [5.74, 6) is -0.846. The maximum atomic E-state index is 12.2. The van der Waals surface area contributed by atoms with Crippen LogP contribution in [0.2, 0.25) is 0 Å². The summed E-state index contributed by atoms with van der Waals surface area (Å²) in [4.78, 5) is 30.6. The Balaban J connectivity index is 1.44. The zero-order valence-electron chi connectivity index (χ0n) is 14.1. The molecule has 0 aliphatic carbocycles. The number of rotatable bonds is 6. The minimum absolute atomic E-state index is 0.00289. The molecule has 0 atom stereocenters. The van der Waals surface area contributed by atoms with Crippen LogP contribution in [0.15, 0.2) is 69.5 Å². The van der Waals surface area contributed by atoms with Crippen LogP contribution in [0.3, 0.4) is 0 Å². The number of nitrogens with zero attached hydrogens (tertiary/aromatic N) is 2. The number of carbonyl (C=O) groups is 2. The normalized spacial score (nSPS) is 14.1. The first-order chi connectivity index (χ1) is 13.1. The summed E-state index contributed by atoms with van der Waals surface area (Å²) in [6.45, 7) is -0.257. The molecule has 1 aliphatic heterocycles. The number of hydrogen-bond donors (Lipinski definition) is 2. The Bertz CT molecular complexity index is 1010. The van der Waals surface area contributed by atoms with Crippen molar-refractivity contribution in [3.63, 3.8) is 0 Å². The fourth-order valence-corrected chi connectivity index (χ4v) is 4.71. The van der Waals surface area contributed by atoms with Crippen LogP contribution in [0.5, 0.6) is 0 Å². The predicted molar refractivity (Wildman–Crippen MR) is 106 cm³/mol. The second kappa shape index (κ2) is 7.51. The Kier molecular flexibility index (Phi) is 4.93. The molecule has 2 N–H and O–H groups in total. The maximum Gasteiger partial charge on any atom is 0.277 e. The van der Waals surface area contributed by atoms with E-state index in [1.165, 1.54) is 6.08 Å². The highest BCUT2D eigenvalue weighted by atomic mass is 32.2. The third-order valence-corrected chi connectivity index (χ3v) is 6.05. The van der Waals surface area contributed by atoms with Gasteiger partial charge in [-0.1, -0.05) is 23.9 Å². The first-order valence-corrected chi connectivity index (χ1v) is 9.86. The van der Waals surface area contributed by atoms with Crippen molar-refractivity contribution in [1.29, 1.82) is 0 Å². The van der Waals surface area contributed by atoms with Gasteiger partial charge < -0.3 is 10.4 Å². The smallest absolute Gasteiger partial charge is 0.277 e. The van der Waals surface area contributed by atoms with E-state index in [0.29, 0.717) is 5.69 Å². The van der Waals surface area contributed by atoms with E-state index in [2.05, 4.69) is 16.4 Å². The fourth-order valence-electron chi connectivity index (χ4n) is 2.67. The number of fused-ring (bicyclic) bond motifs is 1. The number of carbonyl (C=O) groups excluding carboxylic acids is 2. The van der Waals surface area contributed by atoms with Gasteiger partial charge in [-0.15, -0.1) is 11.3 Å². The molecule has 0 fully saturated rings. The minimum Gasteiger partial charge on any atom is -0.395 e. The largest absolute Gasteiger partial charge is 0.395 e. The first kappa shape index (κ1) is 17.7. The Labute approximate surface area is 163 Å². The van der Waals surface area contributed by atoms with Gasteiger partial charge in [0.15, 0.2) is 4.34 Å². The van der Waals surface area contributed by atoms with Crippen molar-refractivity contribution in [2.75, 3.05) is 18.5 Å². The number of para-hydroxylation sites is 1. The van der Waals surface area contributed by atoms with E-state index in [1.54, 1.807) is 23.1 Å². The molecule has 8 heteroatoms. The molecule has 0 saturated carbocycles. The molecule has 4 rings (SSSR count). The van der Waals surface area contributed by atoms with Crippen molar-refractivity contribution in [3.05, 3.63) is 60.3 Å². The van der Waals surface area contributed by atoms with Gasteiger partial charge in [-0.2, -0.15) is 0 Å². The lowest BCUT2D eigenvalue weighted by Crippen LogP contribution is -2.34. The number of imide groups is 1. The lowest BCUT2D eigenvalue weighted by atomic mass is 10.3. The number of thiazole rings is 1. The summed E-state index contributed by atoms with van der Waals surface area (Å²) in [5, 5.41) is 11.9. The summed E-state index contributed by atoms with van der Waals surface area (Å²) >= 11 is 3.23. The second-order valence-corrected chi connectivity index (χ2v) is 8.13. The predicted octanol–water partition coefficient (Wildman–Crippen LogP) is 3.10. The molecule has 6 nitrogen and oxygen atoms in total. The monoisotopic (exact) mass is 397 g/mol. The number of β-amino-alcohol motifs (C(OH)–C–C–N with tert-alkyl or cyclic N) is 1. The molecule has 2 heterocycles. The second-order valence-electron chi connectivity index (χ2n) is 5.78. The van der Waals surface area contributed by atoms with Gasteiger partial charge in [0.2, 0.25) is 0 Å². The number of nitrogens with one attached hydrogen (secondary N) is 1. The van der Waals surface area contributed by atoms with Gasteiger partial charge in [0, 0.05) is 16.7 Å². The quantitative estimate of drug-likeness (QED) is 0.622. The molecule has 136 valence electrons. The van der Waals surface area contributed by atoms with Gasteiger partial charge in [0.25, 0.3) is 11.8 Å². The first-order valence-electron chi connectivity index (χ1n) is 8.23. The maximum absolute atomic E-state index is 12.2. The molecule has 0 saturated heterocycles. The standard InChI is InChI=1S/C19H15N3O3S2/c23-10-9-22-17(24)11-15(18(22)25)20-12-5-7-13(8-6-12)26-19-21-14-3-1-2-4-16(14)27-19/h1-8,11,20,23H,9-10H2. The number of aliphatic hydroxyl groups is 1. The third-order valence-electron chi connectivity index (χ3n) is 3.95. The van der Waals surface area contributed by atoms with E-state index in [-0.39, 0.29) is 18.8 Å². The van der Waals surface area contributed by atoms with Crippen LogP contribution in [0, 0.1) is 0 Å². The zero-order valence-corrected chi connectivity index (χ0v) is 15.7. The summed E-state index contributed by atoms with van der Waals surface area (Å²) < 4.78 is 2.12. The number of benzene rings is 2. The number of aliphatic hydroxyl groups excluding tert-OH is 1. The van der Waals surface area contributed by atoms with Gasteiger partial charge in [0.05, 0.1) is 23.4 Å². The molecule has 2 aromatic carbocycles. The molecular weight excluding hydrogens is 382 g/mol. The molecular formula is C19H15N3O3S2. The van der Waals surface area contributed by atoms with Gasteiger partial charge in [0.1, 0.15) is 5.70 Å². The van der Waals surface area contributed by atoms with E-state index in [9.17, 15) is 9.59 Å². The average molecular weight is 397 g/mol. The topological polar surface area (TPSA) is 82.5 Å². The van der Waals surface area contributed by atoms with Crippen molar-refractivity contribution < 1.29 is 14.7 Å². The Hall–Kier alpha value is -2.68. The molecule has 1 aromatic heterocycles. The molecule has 0 bridgehead atoms. The van der Waals surface area contributed by atoms with E-state index >= 15 is 0 Å². The summed E-state index contributed by atoms with van der Waals surface area (Å²) in [6.07, 6.45) is 1.25. The van der Waals surface area contributed by atoms with Gasteiger partial charge in [-0.05, 0) is 36.4 Å². The summed E-state index contributed by atoms with van der Waals surface area (Å²) in [5.41, 5.74) is 1.91. The van der Waals surface area contributed by atoms with Crippen LogP contribution >= 0.6 is 23.1 Å². The fraction of sp³-hybridized carbons (Fsp3) is 0.105. The number of aromatic nitrogens is 1. The van der Waals surface area contributed by atoms with Gasteiger partial charge >= 0.3 is 0 Å². The summed E-state index contributed by atoms with van der Waals surface area (Å²) in [7, 11) is 0. The highest BCUT2D eigenvalue weighted by Crippen LogP contribution is 2.34. The van der Waals surface area contributed by atoms with Crippen molar-refractivity contribution in [2.45, 2.75) is 9.24 Å². The molecule has 2 amide bonds. The Morgan fingerprint density at radius 2 is 1.89 bits per heavy atom. The van der Waals surface area contributed by atoms with Crippen LogP contribution < -0.4 is 5.32 Å². The van der Waals surface area contributed by atoms with Crippen LogP contribution in [-0.4, -0.2) is 40.0 Å². The SMILES string of the molecule is O=C1C=C(Nc2ccc(Sc3nc4ccccc4s3)cc2)C(=O)N1CCO. The molecule has 27 heavy (non-hydrogen) atoms. The summed E-state index contributed by atoms with van der Waals surface area (Å²) in [6, 6.07) is 15.6. The zero-order chi connectivity index (χ0) is 18.8. The Morgan fingerprint density at radius 3 is 2.63 bits per heavy atom. The molecule has 3 aromatic rings. The lowest BCUT2D eigenvalue weighted by Gasteiger charge is -2.13. The van der Waals surface area contributed by atoms with Gasteiger partial charge in [-0.3, -0.25) is 14.5 Å². The van der Waals surface area contributed by atoms with Crippen LogP contribution in [0.25, 0.3) is 10.2 Å². The number of amides is 2. The van der Waals surface area contributed by atoms with Crippen molar-refractivity contribution in [2.24, 2.45) is 0 Å². The van der Waals surface area contributed by atoms with E-state index < -0.39 is 11.8 Å². The third kappa shape index (κ3) is 3.73. The molecule has 0 radical (unpaired) electrons. The van der Waals surface area contributed by atoms with Crippen molar-refractivity contribution in [3.8, 4) is 0 Å². The highest BCUT2D eigenvalue weighted by Gasteiger charge is 2.30. The molecule has 0 spiro atoms. The molecule has 0 unspecified atom stereocenters. The molecule has 1 aliphatic rings. The number of anilines is 1. The lowest BCUT2D eigenvalue weighted by molar-refractivity contribution is -0.137. The highest BCUT2D eigenvalue weighted by molar-refractivity contribution is 8.01. The van der Waals surface area contributed by atoms with Crippen LogP contribution in [-0.2, 0) is 9.59 Å². The van der Waals surface area contributed by atoms with E-state index in [1.807, 2.05) is 42.5 Å². The number of hydrogen-bond acceptors (Lipinski definition) is 7. The minimum atomic E-state index is -0.429. The van der Waals surface area contributed by atoms with Crippen molar-refractivity contribution in [1.82, 2.24) is 9.88 Å². The van der Waals surface area contributed by atoms with Gasteiger partial charge in [-0.25, -0.2) is 4.98 Å². The van der Waals surface area contributed by atoms with Crippen molar-refractivity contribution >= 4 is 50.8 Å². The van der Waals surface area contributed by atoms with E-state index in [0.717, 1.165) is 24.4 Å². The van der Waals surface area contributed by atoms with E-state index in [4.69, 9.17) is 5.11 Å². The van der Waals surface area contributed by atoms with Crippen LogP contribution in [0.4, 0.5) is 5.69 Å². The van der Waals surface area contributed by atoms with Crippen LogP contribution in [0.1, 0.15) is 0 Å². The Morgan fingerprint density at radius 1 is 1.11 bits per heavy atom.